The number of benzene rings is 1. The molecule has 1 aromatic rings. The molecule has 3 rings (SSSR count). The molecule has 2 unspecified atom stereocenters. The lowest BCUT2D eigenvalue weighted by molar-refractivity contribution is -0.138. The lowest BCUT2D eigenvalue weighted by atomic mass is 10.1. The van der Waals surface area contributed by atoms with Crippen LogP contribution < -0.4 is 9.47 Å². The fraction of sp³-hybridized carbons (Fsp3) is 0.417. The van der Waals surface area contributed by atoms with Crippen LogP contribution in [-0.2, 0) is 11.2 Å². The molecule has 0 aromatic heterocycles. The zero-order valence-electron chi connectivity index (χ0n) is 8.68. The quantitative estimate of drug-likeness (QED) is 0.842. The first-order valence-corrected chi connectivity index (χ1v) is 5.35. The Labute approximate surface area is 92.8 Å². The minimum absolute atomic E-state index is 0.148. The van der Waals surface area contributed by atoms with E-state index in [1.165, 1.54) is 0 Å². The number of ether oxygens (including phenoxy) is 2. The van der Waals surface area contributed by atoms with Gasteiger partial charge in [0, 0.05) is 0 Å². The first kappa shape index (κ1) is 9.51. The van der Waals surface area contributed by atoms with E-state index in [2.05, 4.69) is 0 Å². The van der Waals surface area contributed by atoms with E-state index in [1.54, 1.807) is 0 Å². The van der Waals surface area contributed by atoms with Gasteiger partial charge in [-0.1, -0.05) is 6.07 Å². The molecule has 4 nitrogen and oxygen atoms in total. The Kier molecular flexibility index (Phi) is 2.02. The second-order valence-corrected chi connectivity index (χ2v) is 4.33. The maximum absolute atomic E-state index is 10.7. The van der Waals surface area contributed by atoms with E-state index >= 15 is 0 Å². The van der Waals surface area contributed by atoms with E-state index < -0.39 is 5.97 Å². The van der Waals surface area contributed by atoms with E-state index in [4.69, 9.17) is 14.6 Å². The molecule has 0 saturated heterocycles. The molecule has 1 N–H and O–H groups in total. The van der Waals surface area contributed by atoms with Crippen molar-refractivity contribution < 1.29 is 19.4 Å². The zero-order valence-corrected chi connectivity index (χ0v) is 8.68. The molecule has 16 heavy (non-hydrogen) atoms. The molecule has 1 fully saturated rings. The van der Waals surface area contributed by atoms with Gasteiger partial charge in [-0.05, 0) is 36.5 Å². The van der Waals surface area contributed by atoms with E-state index in [1.807, 2.05) is 18.2 Å². The summed E-state index contributed by atoms with van der Waals surface area (Å²) in [4.78, 5) is 10.7. The number of carboxylic acid groups (broad SMARTS) is 1. The summed E-state index contributed by atoms with van der Waals surface area (Å²) >= 11 is 0. The van der Waals surface area contributed by atoms with Gasteiger partial charge >= 0.3 is 5.97 Å². The van der Waals surface area contributed by atoms with Gasteiger partial charge in [0.2, 0.25) is 6.79 Å². The fourth-order valence-electron chi connectivity index (χ4n) is 2.15. The molecule has 1 aliphatic carbocycles. The Morgan fingerprint density at radius 1 is 1.38 bits per heavy atom. The van der Waals surface area contributed by atoms with Crippen molar-refractivity contribution >= 4 is 5.97 Å². The Morgan fingerprint density at radius 3 is 2.94 bits per heavy atom. The summed E-state index contributed by atoms with van der Waals surface area (Å²) in [6, 6.07) is 5.81. The number of fused-ring (bicyclic) bond motifs is 1. The van der Waals surface area contributed by atoms with Crippen molar-refractivity contribution in [3.8, 4) is 11.5 Å². The van der Waals surface area contributed by atoms with E-state index in [0.29, 0.717) is 0 Å². The van der Waals surface area contributed by atoms with Crippen LogP contribution in [0.25, 0.3) is 0 Å². The monoisotopic (exact) mass is 220 g/mol. The minimum Gasteiger partial charge on any atom is -0.481 e. The molecule has 2 atom stereocenters. The van der Waals surface area contributed by atoms with Gasteiger partial charge in [0.15, 0.2) is 11.5 Å². The van der Waals surface area contributed by atoms with Gasteiger partial charge in [-0.25, -0.2) is 0 Å². The highest BCUT2D eigenvalue weighted by atomic mass is 16.7. The van der Waals surface area contributed by atoms with Gasteiger partial charge in [-0.15, -0.1) is 0 Å². The van der Waals surface area contributed by atoms with Crippen LogP contribution in [0.2, 0.25) is 0 Å². The number of carboxylic acids is 1. The number of hydrogen-bond acceptors (Lipinski definition) is 3. The maximum Gasteiger partial charge on any atom is 0.306 e. The largest absolute Gasteiger partial charge is 0.481 e. The smallest absolute Gasteiger partial charge is 0.306 e. The number of aliphatic carboxylic acids is 1. The highest BCUT2D eigenvalue weighted by Gasteiger charge is 2.42. The molecule has 2 aliphatic rings. The van der Waals surface area contributed by atoms with Crippen LogP contribution >= 0.6 is 0 Å². The molecule has 1 aliphatic heterocycles. The number of carbonyl (C=O) groups is 1. The van der Waals surface area contributed by atoms with Gasteiger partial charge in [0.05, 0.1) is 5.92 Å². The lowest BCUT2D eigenvalue weighted by Crippen LogP contribution is -2.01. The summed E-state index contributed by atoms with van der Waals surface area (Å²) in [7, 11) is 0. The van der Waals surface area contributed by atoms with Gasteiger partial charge < -0.3 is 14.6 Å². The van der Waals surface area contributed by atoms with Gasteiger partial charge in [-0.2, -0.15) is 0 Å². The first-order chi connectivity index (χ1) is 7.74. The second kappa shape index (κ2) is 3.40. The minimum atomic E-state index is -0.675. The van der Waals surface area contributed by atoms with Crippen molar-refractivity contribution in [2.45, 2.75) is 12.8 Å². The second-order valence-electron chi connectivity index (χ2n) is 4.33. The summed E-state index contributed by atoms with van der Waals surface area (Å²) in [5.74, 6) is 1.01. The van der Waals surface area contributed by atoms with Gasteiger partial charge in [0.25, 0.3) is 0 Å². The van der Waals surface area contributed by atoms with Crippen LogP contribution in [0, 0.1) is 11.8 Å². The highest BCUT2D eigenvalue weighted by molar-refractivity contribution is 5.73. The van der Waals surface area contributed by atoms with E-state index in [9.17, 15) is 4.79 Å². The third kappa shape index (κ3) is 1.60. The van der Waals surface area contributed by atoms with Crippen molar-refractivity contribution in [2.24, 2.45) is 11.8 Å². The maximum atomic E-state index is 10.7. The summed E-state index contributed by atoms with van der Waals surface area (Å²) < 4.78 is 10.5. The number of rotatable bonds is 3. The van der Waals surface area contributed by atoms with Crippen molar-refractivity contribution in [3.63, 3.8) is 0 Å². The summed E-state index contributed by atoms with van der Waals surface area (Å²) in [5, 5.41) is 8.81. The summed E-state index contributed by atoms with van der Waals surface area (Å²) in [5.41, 5.74) is 1.12. The molecule has 1 heterocycles. The van der Waals surface area contributed by atoms with E-state index in [0.717, 1.165) is 29.9 Å². The molecule has 0 bridgehead atoms. The molecule has 1 aromatic carbocycles. The Bertz CT molecular complexity index is 441. The predicted molar refractivity (Wildman–Crippen MR) is 55.5 cm³/mol. The average molecular weight is 220 g/mol. The van der Waals surface area contributed by atoms with Crippen LogP contribution in [-0.4, -0.2) is 17.9 Å². The number of hydrogen-bond donors (Lipinski definition) is 1. The predicted octanol–water partition coefficient (Wildman–Crippen LogP) is 1.68. The fourth-order valence-corrected chi connectivity index (χ4v) is 2.15. The summed E-state index contributed by atoms with van der Waals surface area (Å²) in [6.45, 7) is 0.278. The van der Waals surface area contributed by atoms with Crippen LogP contribution in [0.3, 0.4) is 0 Å². The van der Waals surface area contributed by atoms with Gasteiger partial charge in [0.1, 0.15) is 0 Å². The topological polar surface area (TPSA) is 55.8 Å². The van der Waals surface area contributed by atoms with Gasteiger partial charge in [-0.3, -0.25) is 4.79 Å². The average Bonchev–Trinajstić information content (AvgIpc) is 2.87. The lowest BCUT2D eigenvalue weighted by Gasteiger charge is -2.01. The highest BCUT2D eigenvalue weighted by Crippen LogP contribution is 2.42. The molecule has 4 heteroatoms. The molecule has 84 valence electrons. The summed E-state index contributed by atoms with van der Waals surface area (Å²) in [6.07, 6.45) is 1.61. The Morgan fingerprint density at radius 2 is 2.19 bits per heavy atom. The van der Waals surface area contributed by atoms with E-state index in [-0.39, 0.29) is 18.6 Å². The van der Waals surface area contributed by atoms with Crippen LogP contribution in [0.4, 0.5) is 0 Å². The molecule has 0 spiro atoms. The molecule has 0 amide bonds. The van der Waals surface area contributed by atoms with Crippen molar-refractivity contribution in [1.29, 1.82) is 0 Å². The SMILES string of the molecule is O=C(O)C1CC1Cc1ccc2c(c1)OCO2. The van der Waals surface area contributed by atoms with Crippen LogP contribution in [0.1, 0.15) is 12.0 Å². The standard InChI is InChI=1S/C12H12O4/c13-12(14)9-5-8(9)3-7-1-2-10-11(4-7)16-6-15-10/h1-2,4,8-9H,3,5-6H2,(H,13,14). The molecular formula is C12H12O4. The third-order valence-corrected chi connectivity index (χ3v) is 3.17. The first-order valence-electron chi connectivity index (χ1n) is 5.35. The normalized spacial score (nSPS) is 25.5. The van der Waals surface area contributed by atoms with Crippen LogP contribution in [0.15, 0.2) is 18.2 Å². The van der Waals surface area contributed by atoms with Crippen molar-refractivity contribution in [2.75, 3.05) is 6.79 Å². The Hall–Kier alpha value is -1.71. The van der Waals surface area contributed by atoms with Crippen LogP contribution in [0.5, 0.6) is 11.5 Å². The molecule has 0 radical (unpaired) electrons. The van der Waals surface area contributed by atoms with Crippen molar-refractivity contribution in [1.82, 2.24) is 0 Å². The molecule has 1 saturated carbocycles. The Balaban J connectivity index is 1.70. The molecular weight excluding hydrogens is 208 g/mol. The zero-order chi connectivity index (χ0) is 11.1. The van der Waals surface area contributed by atoms with Crippen molar-refractivity contribution in [3.05, 3.63) is 23.8 Å². The third-order valence-electron chi connectivity index (χ3n) is 3.17.